The summed E-state index contributed by atoms with van der Waals surface area (Å²) < 4.78 is 5.73. The molecule has 0 bridgehead atoms. The molecule has 0 aliphatic carbocycles. The second-order valence-corrected chi connectivity index (χ2v) is 5.00. The highest BCUT2D eigenvalue weighted by molar-refractivity contribution is 6.00. The standard InChI is InChI=1S/C16H14N2O/c17-16-12-6-2-1-5-11(12)9-18(16)14-10-19-15-8-4-3-7-13(14)15/h1-8,14,17H,9-10H2. The van der Waals surface area contributed by atoms with E-state index in [-0.39, 0.29) is 6.04 Å². The summed E-state index contributed by atoms with van der Waals surface area (Å²) in [6, 6.07) is 16.5. The van der Waals surface area contributed by atoms with Crippen molar-refractivity contribution in [3.8, 4) is 5.75 Å². The zero-order chi connectivity index (χ0) is 12.8. The Hall–Kier alpha value is -2.29. The molecule has 1 atom stereocenters. The summed E-state index contributed by atoms with van der Waals surface area (Å²) in [7, 11) is 0. The van der Waals surface area contributed by atoms with Crippen molar-refractivity contribution in [2.24, 2.45) is 0 Å². The number of nitrogens with one attached hydrogen (secondary N) is 1. The van der Waals surface area contributed by atoms with Crippen LogP contribution in [-0.2, 0) is 6.54 Å². The van der Waals surface area contributed by atoms with Gasteiger partial charge in [0.1, 0.15) is 18.2 Å². The summed E-state index contributed by atoms with van der Waals surface area (Å²) >= 11 is 0. The number of rotatable bonds is 1. The number of para-hydroxylation sites is 1. The second kappa shape index (κ2) is 3.85. The van der Waals surface area contributed by atoms with E-state index >= 15 is 0 Å². The Bertz CT molecular complexity index is 665. The van der Waals surface area contributed by atoms with E-state index in [0.717, 1.165) is 17.9 Å². The molecule has 1 N–H and O–H groups in total. The number of hydrogen-bond donors (Lipinski definition) is 1. The first-order valence-electron chi connectivity index (χ1n) is 6.50. The third-order valence-electron chi connectivity index (χ3n) is 3.95. The molecule has 2 aromatic rings. The third kappa shape index (κ3) is 1.48. The Labute approximate surface area is 111 Å². The van der Waals surface area contributed by atoms with Crippen molar-refractivity contribution >= 4 is 5.84 Å². The van der Waals surface area contributed by atoms with Crippen LogP contribution in [0, 0.1) is 5.41 Å². The molecular weight excluding hydrogens is 236 g/mol. The van der Waals surface area contributed by atoms with Gasteiger partial charge in [0, 0.05) is 17.7 Å². The van der Waals surface area contributed by atoms with Crippen LogP contribution in [0.15, 0.2) is 48.5 Å². The van der Waals surface area contributed by atoms with Crippen LogP contribution >= 0.6 is 0 Å². The molecule has 2 aromatic carbocycles. The quantitative estimate of drug-likeness (QED) is 0.844. The lowest BCUT2D eigenvalue weighted by molar-refractivity contribution is 0.238. The van der Waals surface area contributed by atoms with Gasteiger partial charge in [0.25, 0.3) is 0 Å². The van der Waals surface area contributed by atoms with E-state index in [4.69, 9.17) is 10.1 Å². The molecule has 3 heteroatoms. The Kier molecular flexibility index (Phi) is 2.15. The van der Waals surface area contributed by atoms with Crippen LogP contribution in [0.2, 0.25) is 0 Å². The number of benzene rings is 2. The third-order valence-corrected chi connectivity index (χ3v) is 3.95. The second-order valence-electron chi connectivity index (χ2n) is 5.00. The maximum absolute atomic E-state index is 8.36. The first-order valence-corrected chi connectivity index (χ1v) is 6.50. The molecule has 2 aliphatic heterocycles. The maximum Gasteiger partial charge on any atom is 0.129 e. The summed E-state index contributed by atoms with van der Waals surface area (Å²) in [6.45, 7) is 1.44. The molecule has 19 heavy (non-hydrogen) atoms. The van der Waals surface area contributed by atoms with Gasteiger partial charge in [-0.25, -0.2) is 0 Å². The number of amidine groups is 1. The molecule has 2 aliphatic rings. The molecule has 0 radical (unpaired) electrons. The largest absolute Gasteiger partial charge is 0.491 e. The van der Waals surface area contributed by atoms with E-state index in [0.29, 0.717) is 12.4 Å². The van der Waals surface area contributed by atoms with Crippen LogP contribution in [0.1, 0.15) is 22.7 Å². The predicted octanol–water partition coefficient (Wildman–Crippen LogP) is 2.96. The predicted molar refractivity (Wildman–Crippen MR) is 73.5 cm³/mol. The molecule has 94 valence electrons. The Morgan fingerprint density at radius 3 is 2.74 bits per heavy atom. The molecule has 4 rings (SSSR count). The molecule has 0 amide bonds. The topological polar surface area (TPSA) is 36.3 Å². The fourth-order valence-corrected chi connectivity index (χ4v) is 2.98. The number of hydrogen-bond acceptors (Lipinski definition) is 2. The Morgan fingerprint density at radius 1 is 1.05 bits per heavy atom. The van der Waals surface area contributed by atoms with Gasteiger partial charge in [-0.2, -0.15) is 0 Å². The van der Waals surface area contributed by atoms with Crippen molar-refractivity contribution in [2.45, 2.75) is 12.6 Å². The van der Waals surface area contributed by atoms with Gasteiger partial charge in [-0.3, -0.25) is 5.41 Å². The first kappa shape index (κ1) is 10.6. The molecule has 0 spiro atoms. The minimum atomic E-state index is 0.163. The average Bonchev–Trinajstić information content (AvgIpc) is 3.01. The Morgan fingerprint density at radius 2 is 1.84 bits per heavy atom. The lowest BCUT2D eigenvalue weighted by Crippen LogP contribution is -2.30. The smallest absolute Gasteiger partial charge is 0.129 e. The highest BCUT2D eigenvalue weighted by Crippen LogP contribution is 2.39. The van der Waals surface area contributed by atoms with Gasteiger partial charge in [-0.1, -0.05) is 42.5 Å². The Balaban J connectivity index is 1.72. The highest BCUT2D eigenvalue weighted by atomic mass is 16.5. The van der Waals surface area contributed by atoms with Crippen LogP contribution < -0.4 is 4.74 Å². The van der Waals surface area contributed by atoms with Gasteiger partial charge in [-0.05, 0) is 11.6 Å². The number of ether oxygens (including phenoxy) is 1. The van der Waals surface area contributed by atoms with E-state index < -0.39 is 0 Å². The van der Waals surface area contributed by atoms with Gasteiger partial charge in [0.15, 0.2) is 0 Å². The fourth-order valence-electron chi connectivity index (χ4n) is 2.98. The summed E-state index contributed by atoms with van der Waals surface area (Å²) in [5.41, 5.74) is 3.48. The van der Waals surface area contributed by atoms with Crippen LogP contribution in [-0.4, -0.2) is 17.3 Å². The van der Waals surface area contributed by atoms with Crippen molar-refractivity contribution < 1.29 is 4.74 Å². The zero-order valence-electron chi connectivity index (χ0n) is 10.5. The molecule has 2 heterocycles. The molecule has 1 unspecified atom stereocenters. The maximum atomic E-state index is 8.36. The van der Waals surface area contributed by atoms with E-state index in [1.165, 1.54) is 11.1 Å². The van der Waals surface area contributed by atoms with Gasteiger partial charge in [-0.15, -0.1) is 0 Å². The molecule has 0 fully saturated rings. The van der Waals surface area contributed by atoms with E-state index in [9.17, 15) is 0 Å². The lowest BCUT2D eigenvalue weighted by Gasteiger charge is -2.24. The summed E-state index contributed by atoms with van der Waals surface area (Å²) in [6.07, 6.45) is 0. The number of fused-ring (bicyclic) bond motifs is 2. The van der Waals surface area contributed by atoms with Crippen LogP contribution in [0.5, 0.6) is 5.75 Å². The van der Waals surface area contributed by atoms with Crippen molar-refractivity contribution in [3.05, 3.63) is 65.2 Å². The van der Waals surface area contributed by atoms with E-state index in [2.05, 4.69) is 17.0 Å². The van der Waals surface area contributed by atoms with E-state index in [1.54, 1.807) is 0 Å². The molecule has 0 saturated carbocycles. The first-order chi connectivity index (χ1) is 9.34. The summed E-state index contributed by atoms with van der Waals surface area (Å²) in [5, 5.41) is 8.36. The van der Waals surface area contributed by atoms with Gasteiger partial charge in [0.05, 0.1) is 6.04 Å². The van der Waals surface area contributed by atoms with Crippen molar-refractivity contribution in [2.75, 3.05) is 6.61 Å². The molecule has 0 aromatic heterocycles. The van der Waals surface area contributed by atoms with Gasteiger partial charge in [0.2, 0.25) is 0 Å². The molecule has 0 saturated heterocycles. The normalized spacial score (nSPS) is 20.1. The highest BCUT2D eigenvalue weighted by Gasteiger charge is 2.35. The van der Waals surface area contributed by atoms with Crippen LogP contribution in [0.3, 0.4) is 0 Å². The SMILES string of the molecule is N=C1c2ccccc2CN1C1COc2ccccc21. The van der Waals surface area contributed by atoms with Gasteiger partial charge >= 0.3 is 0 Å². The van der Waals surface area contributed by atoms with Crippen molar-refractivity contribution in [1.29, 1.82) is 5.41 Å². The van der Waals surface area contributed by atoms with Crippen molar-refractivity contribution in [3.63, 3.8) is 0 Å². The minimum absolute atomic E-state index is 0.163. The fraction of sp³-hybridized carbons (Fsp3) is 0.188. The van der Waals surface area contributed by atoms with Crippen LogP contribution in [0.4, 0.5) is 0 Å². The number of nitrogens with zero attached hydrogens (tertiary/aromatic N) is 1. The zero-order valence-corrected chi connectivity index (χ0v) is 10.5. The van der Waals surface area contributed by atoms with Crippen LogP contribution in [0.25, 0.3) is 0 Å². The minimum Gasteiger partial charge on any atom is -0.491 e. The monoisotopic (exact) mass is 250 g/mol. The van der Waals surface area contributed by atoms with Crippen molar-refractivity contribution in [1.82, 2.24) is 4.90 Å². The molecule has 3 nitrogen and oxygen atoms in total. The summed E-state index contributed by atoms with van der Waals surface area (Å²) in [5.74, 6) is 1.57. The summed E-state index contributed by atoms with van der Waals surface area (Å²) in [4.78, 5) is 2.14. The lowest BCUT2D eigenvalue weighted by atomic mass is 10.1. The van der Waals surface area contributed by atoms with Gasteiger partial charge < -0.3 is 9.64 Å². The molecular formula is C16H14N2O. The average molecular weight is 250 g/mol. The van der Waals surface area contributed by atoms with E-state index in [1.807, 2.05) is 36.4 Å².